The molecule has 0 aromatic carbocycles. The molecule has 62 valence electrons. The third kappa shape index (κ3) is 3.05. The molecule has 0 aromatic heterocycles. The highest BCUT2D eigenvalue weighted by Gasteiger charge is 2.21. The molecular weight excluding hydrogens is 197 g/mol. The maximum atomic E-state index is 10.6. The lowest BCUT2D eigenvalue weighted by Crippen LogP contribution is -2.31. The molecule has 0 heterocycles. The highest BCUT2D eigenvalue weighted by atomic mass is 35.7. The average Bonchev–Trinajstić information content (AvgIpc) is 1.60. The number of hydrogen-bond acceptors (Lipinski definition) is 2. The van der Waals surface area contributed by atoms with Gasteiger partial charge in [-0.25, -0.2) is 0 Å². The summed E-state index contributed by atoms with van der Waals surface area (Å²) >= 11 is 5.49. The largest absolute Gasteiger partial charge is 0.301 e. The van der Waals surface area contributed by atoms with E-state index in [1.807, 2.05) is 0 Å². The highest BCUT2D eigenvalue weighted by Crippen LogP contribution is 2.12. The molecule has 3 nitrogen and oxygen atoms in total. The lowest BCUT2D eigenvalue weighted by Gasteiger charge is -2.17. The second-order valence-electron chi connectivity index (χ2n) is 1.72. The molecule has 0 aromatic rings. The predicted octanol–water partition coefficient (Wildman–Crippen LogP) is 1.38. The molecule has 0 saturated carbocycles. The molecule has 0 aliphatic rings. The summed E-state index contributed by atoms with van der Waals surface area (Å²) in [5.74, 6) is 0. The number of halogens is 2. The first kappa shape index (κ1) is 10.5. The number of nitrogens with zero attached hydrogens (tertiary/aromatic N) is 1. The number of alkyl halides is 1. The molecule has 0 N–H and O–H groups in total. The standard InChI is InChI=1S/C4H9Cl2NO2S/c1-3-7(4(2)5)10(6,8)9/h4H,3H2,1-2H3. The summed E-state index contributed by atoms with van der Waals surface area (Å²) in [7, 11) is 1.37. The fraction of sp³-hybridized carbons (Fsp3) is 1.00. The number of hydrogen-bond donors (Lipinski definition) is 0. The second-order valence-corrected chi connectivity index (χ2v) is 4.81. The molecule has 0 spiro atoms. The SMILES string of the molecule is CCN(C(C)Cl)S(=O)(=O)Cl. The Morgan fingerprint density at radius 1 is 1.60 bits per heavy atom. The van der Waals surface area contributed by atoms with Crippen LogP contribution in [0.25, 0.3) is 0 Å². The van der Waals surface area contributed by atoms with Crippen molar-refractivity contribution in [2.45, 2.75) is 19.3 Å². The predicted molar refractivity (Wildman–Crippen MR) is 42.5 cm³/mol. The quantitative estimate of drug-likeness (QED) is 0.397. The summed E-state index contributed by atoms with van der Waals surface area (Å²) < 4.78 is 22.2. The van der Waals surface area contributed by atoms with Crippen LogP contribution in [-0.4, -0.2) is 24.8 Å². The zero-order valence-corrected chi connectivity index (χ0v) is 8.04. The topological polar surface area (TPSA) is 37.4 Å². The zero-order chi connectivity index (χ0) is 8.36. The van der Waals surface area contributed by atoms with Gasteiger partial charge in [0.1, 0.15) is 0 Å². The molecule has 0 radical (unpaired) electrons. The fourth-order valence-corrected chi connectivity index (χ4v) is 2.46. The molecule has 0 fully saturated rings. The van der Waals surface area contributed by atoms with Crippen molar-refractivity contribution >= 4 is 31.5 Å². The van der Waals surface area contributed by atoms with Crippen LogP contribution in [0.15, 0.2) is 0 Å². The Hall–Kier alpha value is 0.490. The second kappa shape index (κ2) is 3.76. The van der Waals surface area contributed by atoms with Gasteiger partial charge >= 0.3 is 9.24 Å². The van der Waals surface area contributed by atoms with Crippen molar-refractivity contribution in [3.8, 4) is 0 Å². The normalized spacial score (nSPS) is 15.7. The van der Waals surface area contributed by atoms with Gasteiger partial charge in [-0.1, -0.05) is 6.92 Å². The van der Waals surface area contributed by atoms with E-state index in [1.54, 1.807) is 13.8 Å². The van der Waals surface area contributed by atoms with Crippen molar-refractivity contribution in [1.29, 1.82) is 0 Å². The van der Waals surface area contributed by atoms with Gasteiger partial charge < -0.3 is 0 Å². The van der Waals surface area contributed by atoms with Gasteiger partial charge in [0.05, 0.1) is 5.50 Å². The van der Waals surface area contributed by atoms with Crippen LogP contribution in [0.3, 0.4) is 0 Å². The molecular formula is C4H9Cl2NO2S. The minimum atomic E-state index is -3.64. The van der Waals surface area contributed by atoms with Gasteiger partial charge in [0, 0.05) is 17.2 Å². The van der Waals surface area contributed by atoms with E-state index in [0.717, 1.165) is 4.31 Å². The monoisotopic (exact) mass is 205 g/mol. The van der Waals surface area contributed by atoms with Crippen LogP contribution in [0, 0.1) is 0 Å². The summed E-state index contributed by atoms with van der Waals surface area (Å²) in [6.45, 7) is 3.50. The maximum absolute atomic E-state index is 10.6. The minimum Gasteiger partial charge on any atom is -0.195 e. The van der Waals surface area contributed by atoms with Gasteiger partial charge in [-0.15, -0.1) is 11.6 Å². The van der Waals surface area contributed by atoms with Gasteiger partial charge in [0.2, 0.25) is 0 Å². The Morgan fingerprint density at radius 2 is 2.00 bits per heavy atom. The van der Waals surface area contributed by atoms with Crippen LogP contribution in [0.5, 0.6) is 0 Å². The smallest absolute Gasteiger partial charge is 0.195 e. The van der Waals surface area contributed by atoms with Gasteiger partial charge in [0.25, 0.3) is 0 Å². The summed E-state index contributed by atoms with van der Waals surface area (Å²) in [5.41, 5.74) is -0.590. The lowest BCUT2D eigenvalue weighted by atomic mass is 10.7. The van der Waals surface area contributed by atoms with Crippen LogP contribution < -0.4 is 0 Å². The van der Waals surface area contributed by atoms with E-state index in [-0.39, 0.29) is 6.54 Å². The Morgan fingerprint density at radius 3 is 2.00 bits per heavy atom. The van der Waals surface area contributed by atoms with E-state index in [2.05, 4.69) is 0 Å². The van der Waals surface area contributed by atoms with Crippen LogP contribution in [0.4, 0.5) is 0 Å². The van der Waals surface area contributed by atoms with E-state index < -0.39 is 14.7 Å². The number of rotatable bonds is 3. The Balaban J connectivity index is 4.38. The van der Waals surface area contributed by atoms with E-state index in [9.17, 15) is 8.42 Å². The summed E-state index contributed by atoms with van der Waals surface area (Å²) in [6, 6.07) is 0. The van der Waals surface area contributed by atoms with Crippen LogP contribution >= 0.6 is 22.3 Å². The lowest BCUT2D eigenvalue weighted by molar-refractivity contribution is 0.430. The van der Waals surface area contributed by atoms with Crippen LogP contribution in [0.1, 0.15) is 13.8 Å². The Kier molecular flexibility index (Phi) is 3.94. The van der Waals surface area contributed by atoms with Gasteiger partial charge in [-0.05, 0) is 6.92 Å². The van der Waals surface area contributed by atoms with Crippen molar-refractivity contribution < 1.29 is 8.42 Å². The van der Waals surface area contributed by atoms with E-state index >= 15 is 0 Å². The molecule has 0 aliphatic carbocycles. The molecule has 1 unspecified atom stereocenters. The molecule has 10 heavy (non-hydrogen) atoms. The van der Waals surface area contributed by atoms with E-state index in [1.165, 1.54) is 0 Å². The van der Waals surface area contributed by atoms with Crippen molar-refractivity contribution in [1.82, 2.24) is 4.31 Å². The Bertz CT molecular complexity index is 189. The summed E-state index contributed by atoms with van der Waals surface area (Å²) in [4.78, 5) is 0. The van der Waals surface area contributed by atoms with Crippen molar-refractivity contribution in [2.75, 3.05) is 6.54 Å². The molecule has 0 saturated heterocycles. The van der Waals surface area contributed by atoms with E-state index in [0.29, 0.717) is 0 Å². The molecule has 1 atom stereocenters. The van der Waals surface area contributed by atoms with Gasteiger partial charge in [-0.2, -0.15) is 12.7 Å². The first-order valence-electron chi connectivity index (χ1n) is 2.75. The van der Waals surface area contributed by atoms with E-state index in [4.69, 9.17) is 22.3 Å². The molecule has 6 heteroatoms. The van der Waals surface area contributed by atoms with Gasteiger partial charge in [0.15, 0.2) is 0 Å². The zero-order valence-electron chi connectivity index (χ0n) is 5.71. The summed E-state index contributed by atoms with van der Waals surface area (Å²) in [6.07, 6.45) is 0. The average molecular weight is 206 g/mol. The van der Waals surface area contributed by atoms with Crippen LogP contribution in [0.2, 0.25) is 0 Å². The molecule has 0 rings (SSSR count). The Labute approximate surface area is 70.5 Å². The van der Waals surface area contributed by atoms with Crippen LogP contribution in [-0.2, 0) is 9.24 Å². The minimum absolute atomic E-state index is 0.288. The third-order valence-electron chi connectivity index (χ3n) is 0.989. The van der Waals surface area contributed by atoms with Gasteiger partial charge in [-0.3, -0.25) is 0 Å². The maximum Gasteiger partial charge on any atom is 0.301 e. The fourth-order valence-electron chi connectivity index (χ4n) is 0.579. The molecule has 0 bridgehead atoms. The van der Waals surface area contributed by atoms with Crippen molar-refractivity contribution in [3.05, 3.63) is 0 Å². The highest BCUT2D eigenvalue weighted by molar-refractivity contribution is 8.11. The van der Waals surface area contributed by atoms with Crippen molar-refractivity contribution in [3.63, 3.8) is 0 Å². The summed E-state index contributed by atoms with van der Waals surface area (Å²) in [5, 5.41) is 0. The van der Waals surface area contributed by atoms with Crippen molar-refractivity contribution in [2.24, 2.45) is 0 Å². The molecule has 0 aliphatic heterocycles. The first-order chi connectivity index (χ1) is 4.39. The molecule has 0 amide bonds. The third-order valence-corrected chi connectivity index (χ3v) is 3.01. The first-order valence-corrected chi connectivity index (χ1v) is 5.45.